The van der Waals surface area contributed by atoms with Crippen LogP contribution in [0.1, 0.15) is 11.1 Å². The van der Waals surface area contributed by atoms with Gasteiger partial charge in [0, 0.05) is 11.1 Å². The summed E-state index contributed by atoms with van der Waals surface area (Å²) < 4.78 is 26.5. The number of hydrogen-bond donors (Lipinski definition) is 2. The van der Waals surface area contributed by atoms with Crippen LogP contribution < -0.4 is 10.9 Å². The third-order valence-corrected chi connectivity index (χ3v) is 2.55. The Kier molecular flexibility index (Phi) is 5.31. The number of rotatable bonds is 4. The normalized spacial score (nSPS) is 11.0. The van der Waals surface area contributed by atoms with E-state index in [1.165, 1.54) is 24.3 Å². The molecule has 5 nitrogen and oxygen atoms in total. The zero-order valence-electron chi connectivity index (χ0n) is 11.3. The van der Waals surface area contributed by atoms with E-state index in [9.17, 15) is 13.6 Å². The van der Waals surface area contributed by atoms with Crippen LogP contribution in [0.3, 0.4) is 0 Å². The second-order valence-corrected chi connectivity index (χ2v) is 4.11. The Morgan fingerprint density at radius 1 is 0.818 bits per heavy atom. The second kappa shape index (κ2) is 7.63. The van der Waals surface area contributed by atoms with Crippen molar-refractivity contribution in [3.63, 3.8) is 0 Å². The van der Waals surface area contributed by atoms with Gasteiger partial charge in [-0.1, -0.05) is 36.4 Å². The number of carbonyl (C=O) groups excluding carboxylic acids is 1. The lowest BCUT2D eigenvalue weighted by Gasteiger charge is -1.99. The maximum Gasteiger partial charge on any atom is 0.355 e. The first-order valence-electron chi connectivity index (χ1n) is 6.28. The van der Waals surface area contributed by atoms with Gasteiger partial charge in [0.2, 0.25) is 0 Å². The molecule has 2 amide bonds. The molecule has 2 N–H and O–H groups in total. The van der Waals surface area contributed by atoms with Gasteiger partial charge in [0.05, 0.1) is 12.4 Å². The number of nitrogens with one attached hydrogen (secondary N) is 2. The van der Waals surface area contributed by atoms with E-state index in [1.54, 1.807) is 24.3 Å². The fraction of sp³-hybridized carbons (Fsp3) is 0. The summed E-state index contributed by atoms with van der Waals surface area (Å²) in [6.45, 7) is 0. The van der Waals surface area contributed by atoms with Crippen molar-refractivity contribution in [2.75, 3.05) is 0 Å². The third-order valence-electron chi connectivity index (χ3n) is 2.55. The fourth-order valence-corrected chi connectivity index (χ4v) is 1.51. The van der Waals surface area contributed by atoms with Crippen molar-refractivity contribution in [1.82, 2.24) is 10.9 Å². The monoisotopic (exact) mass is 302 g/mol. The highest BCUT2D eigenvalue weighted by atomic mass is 19.1. The van der Waals surface area contributed by atoms with Gasteiger partial charge < -0.3 is 0 Å². The molecule has 0 aliphatic rings. The average molecular weight is 302 g/mol. The lowest BCUT2D eigenvalue weighted by molar-refractivity contribution is 0.242. The van der Waals surface area contributed by atoms with Crippen molar-refractivity contribution in [3.05, 3.63) is 71.3 Å². The first kappa shape index (κ1) is 15.3. The molecule has 0 atom stereocenters. The quantitative estimate of drug-likeness (QED) is 0.662. The predicted octanol–water partition coefficient (Wildman–Crippen LogP) is 2.63. The molecule has 2 aromatic carbocycles. The molecular weight excluding hydrogens is 290 g/mol. The van der Waals surface area contributed by atoms with Gasteiger partial charge in [0.25, 0.3) is 0 Å². The maximum atomic E-state index is 13.3. The van der Waals surface area contributed by atoms with Crippen molar-refractivity contribution >= 4 is 18.5 Å². The van der Waals surface area contributed by atoms with Crippen LogP contribution in [0, 0.1) is 11.6 Å². The fourth-order valence-electron chi connectivity index (χ4n) is 1.51. The van der Waals surface area contributed by atoms with Crippen molar-refractivity contribution in [3.8, 4) is 0 Å². The van der Waals surface area contributed by atoms with Gasteiger partial charge >= 0.3 is 6.03 Å². The molecule has 0 aliphatic heterocycles. The summed E-state index contributed by atoms with van der Waals surface area (Å²) in [5.74, 6) is -0.905. The molecule has 0 aromatic heterocycles. The van der Waals surface area contributed by atoms with Crippen LogP contribution in [0.2, 0.25) is 0 Å². The Balaban J connectivity index is 1.84. The second-order valence-electron chi connectivity index (χ2n) is 4.11. The number of benzene rings is 2. The van der Waals surface area contributed by atoms with E-state index in [1.807, 2.05) is 0 Å². The Labute approximate surface area is 125 Å². The highest BCUT2D eigenvalue weighted by molar-refractivity contribution is 5.83. The minimum absolute atomic E-state index is 0.234. The molecule has 0 heterocycles. The van der Waals surface area contributed by atoms with Gasteiger partial charge in [-0.2, -0.15) is 10.2 Å². The summed E-state index contributed by atoms with van der Waals surface area (Å²) in [6.07, 6.45) is 2.32. The van der Waals surface area contributed by atoms with E-state index >= 15 is 0 Å². The molecule has 0 spiro atoms. The van der Waals surface area contributed by atoms with Crippen LogP contribution in [0.4, 0.5) is 13.6 Å². The molecule has 7 heteroatoms. The molecule has 2 rings (SSSR count). The van der Waals surface area contributed by atoms with Crippen molar-refractivity contribution in [2.45, 2.75) is 0 Å². The van der Waals surface area contributed by atoms with Crippen molar-refractivity contribution in [2.24, 2.45) is 10.2 Å². The highest BCUT2D eigenvalue weighted by Gasteiger charge is 1.99. The molecule has 0 aliphatic carbocycles. The zero-order valence-corrected chi connectivity index (χ0v) is 11.3. The topological polar surface area (TPSA) is 65.8 Å². The minimum Gasteiger partial charge on any atom is -0.245 e. The van der Waals surface area contributed by atoms with Crippen LogP contribution >= 0.6 is 0 Å². The lowest BCUT2D eigenvalue weighted by Crippen LogP contribution is -2.28. The summed E-state index contributed by atoms with van der Waals surface area (Å²) in [5, 5.41) is 7.14. The molecule has 0 saturated carbocycles. The number of hydrazone groups is 2. The molecule has 22 heavy (non-hydrogen) atoms. The van der Waals surface area contributed by atoms with Gasteiger partial charge in [0.1, 0.15) is 11.6 Å². The summed E-state index contributed by atoms with van der Waals surface area (Å²) in [7, 11) is 0. The van der Waals surface area contributed by atoms with Crippen LogP contribution in [0.15, 0.2) is 58.7 Å². The van der Waals surface area contributed by atoms with E-state index in [2.05, 4.69) is 21.1 Å². The number of hydrogen-bond acceptors (Lipinski definition) is 3. The lowest BCUT2D eigenvalue weighted by atomic mass is 10.2. The van der Waals surface area contributed by atoms with E-state index in [0.29, 0.717) is 0 Å². The molecule has 0 unspecified atom stereocenters. The SMILES string of the molecule is O=C(N/N=C/c1ccccc1F)N/N=C/c1ccccc1F. The molecule has 0 bridgehead atoms. The zero-order chi connectivity index (χ0) is 15.8. The highest BCUT2D eigenvalue weighted by Crippen LogP contribution is 2.03. The van der Waals surface area contributed by atoms with E-state index < -0.39 is 17.7 Å². The number of halogens is 2. The summed E-state index contributed by atoms with van der Waals surface area (Å²) in [5.41, 5.74) is 4.68. The largest absolute Gasteiger partial charge is 0.355 e. The van der Waals surface area contributed by atoms with Gasteiger partial charge in [0.15, 0.2) is 0 Å². The molecule has 0 fully saturated rings. The van der Waals surface area contributed by atoms with Crippen LogP contribution in [-0.2, 0) is 0 Å². The molecule has 112 valence electrons. The van der Waals surface area contributed by atoms with E-state index in [0.717, 1.165) is 12.4 Å². The minimum atomic E-state index is -0.736. The molecule has 0 radical (unpaired) electrons. The molecular formula is C15H12F2N4O. The Hall–Kier alpha value is -3.09. The van der Waals surface area contributed by atoms with Crippen LogP contribution in [-0.4, -0.2) is 18.5 Å². The first-order valence-corrected chi connectivity index (χ1v) is 6.28. The Morgan fingerprint density at radius 2 is 1.23 bits per heavy atom. The number of carbonyl (C=O) groups is 1. The van der Waals surface area contributed by atoms with Crippen LogP contribution in [0.5, 0.6) is 0 Å². The summed E-state index contributed by atoms with van der Waals surface area (Å²) in [4.78, 5) is 11.4. The third kappa shape index (κ3) is 4.48. The summed E-state index contributed by atoms with van der Waals surface area (Å²) in [6, 6.07) is 11.2. The van der Waals surface area contributed by atoms with E-state index in [-0.39, 0.29) is 11.1 Å². The standard InChI is InChI=1S/C15H12F2N4O/c16-13-7-3-1-5-11(13)9-18-20-15(22)21-19-10-12-6-2-4-8-14(12)17/h1-10H,(H2,20,21,22)/b18-9+,19-10+. The molecule has 2 aromatic rings. The molecule has 0 saturated heterocycles. The maximum absolute atomic E-state index is 13.3. The van der Waals surface area contributed by atoms with Gasteiger partial charge in [-0.15, -0.1) is 0 Å². The average Bonchev–Trinajstić information content (AvgIpc) is 2.51. The Morgan fingerprint density at radius 3 is 1.64 bits per heavy atom. The van der Waals surface area contributed by atoms with E-state index in [4.69, 9.17) is 0 Å². The van der Waals surface area contributed by atoms with Crippen molar-refractivity contribution < 1.29 is 13.6 Å². The van der Waals surface area contributed by atoms with Gasteiger partial charge in [-0.05, 0) is 12.1 Å². The van der Waals surface area contributed by atoms with Crippen LogP contribution in [0.25, 0.3) is 0 Å². The number of amides is 2. The van der Waals surface area contributed by atoms with Gasteiger partial charge in [-0.3, -0.25) is 0 Å². The number of nitrogens with zero attached hydrogens (tertiary/aromatic N) is 2. The Bertz CT molecular complexity index is 657. The predicted molar refractivity (Wildman–Crippen MR) is 79.7 cm³/mol. The van der Waals surface area contributed by atoms with Gasteiger partial charge in [-0.25, -0.2) is 24.4 Å². The number of urea groups is 1. The smallest absolute Gasteiger partial charge is 0.245 e. The first-order chi connectivity index (χ1) is 10.7. The van der Waals surface area contributed by atoms with Crippen molar-refractivity contribution in [1.29, 1.82) is 0 Å². The summed E-state index contributed by atoms with van der Waals surface area (Å²) >= 11 is 0.